The molecule has 0 radical (unpaired) electrons. The van der Waals surface area contributed by atoms with Crippen molar-refractivity contribution in [1.29, 1.82) is 0 Å². The highest BCUT2D eigenvalue weighted by Gasteiger charge is 2.14. The molecule has 2 aromatic carbocycles. The Morgan fingerprint density at radius 2 is 1.65 bits per heavy atom. The van der Waals surface area contributed by atoms with Gasteiger partial charge in [0, 0.05) is 11.3 Å². The van der Waals surface area contributed by atoms with E-state index < -0.39 is 10.0 Å². The molecule has 5 nitrogen and oxygen atoms in total. The first kappa shape index (κ1) is 17.0. The first-order chi connectivity index (χ1) is 10.9. The van der Waals surface area contributed by atoms with Crippen molar-refractivity contribution in [1.82, 2.24) is 5.32 Å². The summed E-state index contributed by atoms with van der Waals surface area (Å²) in [5, 5.41) is 2.99. The van der Waals surface area contributed by atoms with Gasteiger partial charge in [0.15, 0.2) is 0 Å². The molecule has 6 heteroatoms. The molecule has 0 spiro atoms. The van der Waals surface area contributed by atoms with E-state index in [-0.39, 0.29) is 11.9 Å². The Morgan fingerprint density at radius 3 is 2.17 bits per heavy atom. The zero-order valence-corrected chi connectivity index (χ0v) is 13.9. The maximum Gasteiger partial charge on any atom is 0.251 e. The summed E-state index contributed by atoms with van der Waals surface area (Å²) in [5.41, 5.74) is 1.97. The molecule has 0 saturated carbocycles. The van der Waals surface area contributed by atoms with Crippen LogP contribution in [0.3, 0.4) is 0 Å². The molecule has 0 heterocycles. The fourth-order valence-electron chi connectivity index (χ4n) is 2.25. The Labute approximate surface area is 136 Å². The van der Waals surface area contributed by atoms with Crippen molar-refractivity contribution in [3.05, 3.63) is 65.7 Å². The van der Waals surface area contributed by atoms with Crippen molar-refractivity contribution in [3.63, 3.8) is 0 Å². The molecule has 2 rings (SSSR count). The van der Waals surface area contributed by atoms with Gasteiger partial charge in [-0.3, -0.25) is 9.52 Å². The molecule has 0 unspecified atom stereocenters. The van der Waals surface area contributed by atoms with E-state index >= 15 is 0 Å². The topological polar surface area (TPSA) is 75.3 Å². The van der Waals surface area contributed by atoms with Crippen LogP contribution in [0.5, 0.6) is 0 Å². The van der Waals surface area contributed by atoms with Crippen molar-refractivity contribution >= 4 is 21.6 Å². The summed E-state index contributed by atoms with van der Waals surface area (Å²) in [6.07, 6.45) is 1.86. The average Bonchev–Trinajstić information content (AvgIpc) is 2.52. The van der Waals surface area contributed by atoms with E-state index in [0.29, 0.717) is 11.3 Å². The smallest absolute Gasteiger partial charge is 0.251 e. The number of carbonyl (C=O) groups excluding carboxylic acids is 1. The van der Waals surface area contributed by atoms with Crippen molar-refractivity contribution in [2.24, 2.45) is 0 Å². The van der Waals surface area contributed by atoms with E-state index in [1.807, 2.05) is 37.3 Å². The second kappa shape index (κ2) is 7.28. The predicted molar refractivity (Wildman–Crippen MR) is 91.8 cm³/mol. The quantitative estimate of drug-likeness (QED) is 0.854. The normalized spacial score (nSPS) is 12.4. The van der Waals surface area contributed by atoms with E-state index in [1.54, 1.807) is 24.3 Å². The lowest BCUT2D eigenvalue weighted by molar-refractivity contribution is 0.0935. The highest BCUT2D eigenvalue weighted by Crippen LogP contribution is 2.17. The molecule has 2 N–H and O–H groups in total. The second-order valence-corrected chi connectivity index (χ2v) is 7.05. The van der Waals surface area contributed by atoms with Crippen molar-refractivity contribution in [3.8, 4) is 0 Å². The first-order valence-corrected chi connectivity index (χ1v) is 9.22. The van der Waals surface area contributed by atoms with Gasteiger partial charge in [-0.25, -0.2) is 8.42 Å². The lowest BCUT2D eigenvalue weighted by atomic mass is 10.0. The minimum atomic E-state index is -3.32. The predicted octanol–water partition coefficient (Wildman–Crippen LogP) is 2.94. The van der Waals surface area contributed by atoms with Crippen LogP contribution in [0.25, 0.3) is 0 Å². The number of benzene rings is 2. The number of hydrogen-bond donors (Lipinski definition) is 2. The summed E-state index contributed by atoms with van der Waals surface area (Å²) in [5.74, 6) is -0.188. The number of carbonyl (C=O) groups is 1. The largest absolute Gasteiger partial charge is 0.345 e. The number of sulfonamides is 1. The molecule has 0 aliphatic rings. The molecule has 0 bridgehead atoms. The fraction of sp³-hybridized carbons (Fsp3) is 0.235. The highest BCUT2D eigenvalue weighted by atomic mass is 32.2. The van der Waals surface area contributed by atoms with Crippen LogP contribution < -0.4 is 10.0 Å². The third-order valence-electron chi connectivity index (χ3n) is 3.37. The molecule has 2 aromatic rings. The third kappa shape index (κ3) is 5.10. The second-order valence-electron chi connectivity index (χ2n) is 5.30. The maximum absolute atomic E-state index is 12.3. The SMILES string of the molecule is CC[C@@H](NC(=O)c1ccc(NS(C)(=O)=O)cc1)c1ccccc1. The zero-order valence-electron chi connectivity index (χ0n) is 13.1. The fourth-order valence-corrected chi connectivity index (χ4v) is 2.82. The number of rotatable bonds is 6. The van der Waals surface area contributed by atoms with Crippen LogP contribution in [-0.2, 0) is 10.0 Å². The molecule has 0 aliphatic heterocycles. The van der Waals surface area contributed by atoms with Crippen LogP contribution in [-0.4, -0.2) is 20.6 Å². The molecule has 0 fully saturated rings. The monoisotopic (exact) mass is 332 g/mol. The van der Waals surface area contributed by atoms with Crippen LogP contribution in [0.1, 0.15) is 35.3 Å². The molecule has 23 heavy (non-hydrogen) atoms. The molecular formula is C17H20N2O3S. The Balaban J connectivity index is 2.08. The van der Waals surface area contributed by atoms with Crippen LogP contribution >= 0.6 is 0 Å². The van der Waals surface area contributed by atoms with Gasteiger partial charge < -0.3 is 5.32 Å². The van der Waals surface area contributed by atoms with Gasteiger partial charge in [0.1, 0.15) is 0 Å². The van der Waals surface area contributed by atoms with Gasteiger partial charge in [0.05, 0.1) is 12.3 Å². The summed E-state index contributed by atoms with van der Waals surface area (Å²) < 4.78 is 24.7. The Morgan fingerprint density at radius 1 is 1.04 bits per heavy atom. The van der Waals surface area contributed by atoms with Crippen LogP contribution in [0.2, 0.25) is 0 Å². The van der Waals surface area contributed by atoms with Gasteiger partial charge in [-0.1, -0.05) is 37.3 Å². The van der Waals surface area contributed by atoms with Crippen LogP contribution in [0.15, 0.2) is 54.6 Å². The molecule has 122 valence electrons. The lowest BCUT2D eigenvalue weighted by Crippen LogP contribution is -2.28. The number of anilines is 1. The van der Waals surface area contributed by atoms with E-state index in [1.165, 1.54) is 0 Å². The van der Waals surface area contributed by atoms with Gasteiger partial charge in [-0.05, 0) is 36.2 Å². The summed E-state index contributed by atoms with van der Waals surface area (Å²) in [7, 11) is -3.32. The minimum absolute atomic E-state index is 0.0579. The zero-order chi connectivity index (χ0) is 16.9. The van der Waals surface area contributed by atoms with Gasteiger partial charge in [0.2, 0.25) is 10.0 Å². The molecule has 1 atom stereocenters. The summed E-state index contributed by atoms with van der Waals surface area (Å²) >= 11 is 0. The molecule has 0 saturated heterocycles. The van der Waals surface area contributed by atoms with Crippen molar-refractivity contribution in [2.75, 3.05) is 11.0 Å². The van der Waals surface area contributed by atoms with Gasteiger partial charge in [-0.2, -0.15) is 0 Å². The van der Waals surface area contributed by atoms with Crippen molar-refractivity contribution < 1.29 is 13.2 Å². The molecule has 0 aliphatic carbocycles. The molecule has 1 amide bonds. The number of hydrogen-bond acceptors (Lipinski definition) is 3. The minimum Gasteiger partial charge on any atom is -0.345 e. The molecule has 0 aromatic heterocycles. The average molecular weight is 332 g/mol. The Bertz CT molecular complexity index is 756. The van der Waals surface area contributed by atoms with Gasteiger partial charge in [-0.15, -0.1) is 0 Å². The maximum atomic E-state index is 12.3. The van der Waals surface area contributed by atoms with Gasteiger partial charge >= 0.3 is 0 Å². The Kier molecular flexibility index (Phi) is 5.39. The van der Waals surface area contributed by atoms with E-state index in [0.717, 1.165) is 18.2 Å². The number of nitrogens with one attached hydrogen (secondary N) is 2. The lowest BCUT2D eigenvalue weighted by Gasteiger charge is -2.17. The van der Waals surface area contributed by atoms with Crippen LogP contribution in [0, 0.1) is 0 Å². The van der Waals surface area contributed by atoms with E-state index in [4.69, 9.17) is 0 Å². The summed E-state index contributed by atoms with van der Waals surface area (Å²) in [6, 6.07) is 16.1. The Hall–Kier alpha value is -2.34. The van der Waals surface area contributed by atoms with Crippen LogP contribution in [0.4, 0.5) is 5.69 Å². The summed E-state index contributed by atoms with van der Waals surface area (Å²) in [6.45, 7) is 2.01. The highest BCUT2D eigenvalue weighted by molar-refractivity contribution is 7.92. The number of amides is 1. The first-order valence-electron chi connectivity index (χ1n) is 7.32. The van der Waals surface area contributed by atoms with E-state index in [2.05, 4.69) is 10.0 Å². The molecular weight excluding hydrogens is 312 g/mol. The van der Waals surface area contributed by atoms with Gasteiger partial charge in [0.25, 0.3) is 5.91 Å². The van der Waals surface area contributed by atoms with Crippen molar-refractivity contribution in [2.45, 2.75) is 19.4 Å². The summed E-state index contributed by atoms with van der Waals surface area (Å²) in [4.78, 5) is 12.3. The third-order valence-corrected chi connectivity index (χ3v) is 3.97. The van der Waals surface area contributed by atoms with E-state index in [9.17, 15) is 13.2 Å². The standard InChI is InChI=1S/C17H20N2O3S/c1-3-16(13-7-5-4-6-8-13)18-17(20)14-9-11-15(12-10-14)19-23(2,21)22/h4-12,16,19H,3H2,1-2H3,(H,18,20)/t16-/m1/s1.